The van der Waals surface area contributed by atoms with E-state index in [1.54, 1.807) is 4.90 Å². The summed E-state index contributed by atoms with van der Waals surface area (Å²) in [5.74, 6) is 0.400. The second-order valence-corrected chi connectivity index (χ2v) is 5.97. The zero-order chi connectivity index (χ0) is 15.3. The van der Waals surface area contributed by atoms with Crippen molar-refractivity contribution in [3.05, 3.63) is 0 Å². The molecule has 0 aromatic heterocycles. The van der Waals surface area contributed by atoms with Crippen LogP contribution >= 0.6 is 12.2 Å². The average molecular weight is 299 g/mol. The standard InChI is InChI=1S/C14H25N3O2S/c1-4-17(5-2)11(18)6-7-16-13(19)14(12(15)20)8-10(3)9-14/h10H,4-9H2,1-3H3,(H2,15,20)(H,16,19). The van der Waals surface area contributed by atoms with E-state index in [0.29, 0.717) is 44.8 Å². The van der Waals surface area contributed by atoms with Gasteiger partial charge in [-0.05, 0) is 32.6 Å². The van der Waals surface area contributed by atoms with Gasteiger partial charge in [0.1, 0.15) is 0 Å². The van der Waals surface area contributed by atoms with Crippen molar-refractivity contribution in [2.24, 2.45) is 17.1 Å². The summed E-state index contributed by atoms with van der Waals surface area (Å²) in [7, 11) is 0. The molecule has 0 aromatic carbocycles. The predicted octanol–water partition coefficient (Wildman–Crippen LogP) is 1.06. The first-order valence-electron chi connectivity index (χ1n) is 7.23. The van der Waals surface area contributed by atoms with Gasteiger partial charge < -0.3 is 16.0 Å². The number of rotatable bonds is 7. The van der Waals surface area contributed by atoms with Crippen molar-refractivity contribution in [1.82, 2.24) is 10.2 Å². The van der Waals surface area contributed by atoms with Gasteiger partial charge in [-0.2, -0.15) is 0 Å². The minimum atomic E-state index is -0.688. The predicted molar refractivity (Wildman–Crippen MR) is 83.2 cm³/mol. The molecule has 1 aliphatic carbocycles. The molecule has 6 heteroatoms. The molecule has 0 spiro atoms. The van der Waals surface area contributed by atoms with Gasteiger partial charge in [0.15, 0.2) is 0 Å². The van der Waals surface area contributed by atoms with E-state index in [-0.39, 0.29) is 16.8 Å². The molecule has 0 saturated heterocycles. The lowest BCUT2D eigenvalue weighted by Gasteiger charge is -2.44. The van der Waals surface area contributed by atoms with Crippen LogP contribution in [0.25, 0.3) is 0 Å². The van der Waals surface area contributed by atoms with Crippen LogP contribution in [0.2, 0.25) is 0 Å². The van der Waals surface area contributed by atoms with Gasteiger partial charge in [0.25, 0.3) is 0 Å². The summed E-state index contributed by atoms with van der Waals surface area (Å²) >= 11 is 5.03. The molecule has 0 aliphatic heterocycles. The molecule has 1 fully saturated rings. The van der Waals surface area contributed by atoms with Crippen LogP contribution in [0.3, 0.4) is 0 Å². The third-order valence-corrected chi connectivity index (χ3v) is 4.43. The van der Waals surface area contributed by atoms with Crippen molar-refractivity contribution in [2.45, 2.75) is 40.0 Å². The van der Waals surface area contributed by atoms with Crippen molar-refractivity contribution in [3.63, 3.8) is 0 Å². The topological polar surface area (TPSA) is 75.4 Å². The molecule has 1 saturated carbocycles. The Bertz CT molecular complexity index is 388. The molecule has 0 atom stereocenters. The highest BCUT2D eigenvalue weighted by Gasteiger charge is 2.50. The average Bonchev–Trinajstić information content (AvgIpc) is 2.35. The summed E-state index contributed by atoms with van der Waals surface area (Å²) < 4.78 is 0. The molecule has 20 heavy (non-hydrogen) atoms. The molecule has 1 rings (SSSR count). The Labute approximate surface area is 126 Å². The number of carbonyl (C=O) groups is 2. The number of thiocarbonyl (C=S) groups is 1. The van der Waals surface area contributed by atoms with E-state index in [0.717, 1.165) is 0 Å². The lowest BCUT2D eigenvalue weighted by Crippen LogP contribution is -2.56. The van der Waals surface area contributed by atoms with E-state index in [1.807, 2.05) is 13.8 Å². The van der Waals surface area contributed by atoms with Gasteiger partial charge in [0.2, 0.25) is 11.8 Å². The molecule has 1 aliphatic rings. The molecule has 5 nitrogen and oxygen atoms in total. The molecular weight excluding hydrogens is 274 g/mol. The van der Waals surface area contributed by atoms with E-state index >= 15 is 0 Å². The van der Waals surface area contributed by atoms with Crippen molar-refractivity contribution in [3.8, 4) is 0 Å². The van der Waals surface area contributed by atoms with E-state index < -0.39 is 5.41 Å². The smallest absolute Gasteiger partial charge is 0.233 e. The molecule has 0 heterocycles. The van der Waals surface area contributed by atoms with Crippen molar-refractivity contribution < 1.29 is 9.59 Å². The van der Waals surface area contributed by atoms with Crippen LogP contribution in [0.15, 0.2) is 0 Å². The second kappa shape index (κ2) is 7.02. The Morgan fingerprint density at radius 1 is 1.35 bits per heavy atom. The lowest BCUT2D eigenvalue weighted by atomic mass is 9.62. The summed E-state index contributed by atoms with van der Waals surface area (Å²) in [6, 6.07) is 0. The van der Waals surface area contributed by atoms with E-state index in [1.165, 1.54) is 0 Å². The van der Waals surface area contributed by atoms with Gasteiger partial charge in [-0.3, -0.25) is 9.59 Å². The molecule has 0 unspecified atom stereocenters. The molecular formula is C14H25N3O2S. The molecule has 2 amide bonds. The minimum Gasteiger partial charge on any atom is -0.392 e. The van der Waals surface area contributed by atoms with Crippen LogP contribution in [0.4, 0.5) is 0 Å². The molecule has 0 bridgehead atoms. The van der Waals surface area contributed by atoms with Crippen molar-refractivity contribution >= 4 is 29.0 Å². The Morgan fingerprint density at radius 2 is 1.90 bits per heavy atom. The highest BCUT2D eigenvalue weighted by atomic mass is 32.1. The summed E-state index contributed by atoms with van der Waals surface area (Å²) in [5, 5.41) is 2.81. The third kappa shape index (κ3) is 3.48. The zero-order valence-corrected chi connectivity index (χ0v) is 13.4. The first-order valence-corrected chi connectivity index (χ1v) is 7.64. The summed E-state index contributed by atoms with van der Waals surface area (Å²) in [5.41, 5.74) is 5.03. The van der Waals surface area contributed by atoms with Crippen LogP contribution in [0.5, 0.6) is 0 Å². The van der Waals surface area contributed by atoms with Gasteiger partial charge in [0.05, 0.1) is 10.4 Å². The molecule has 0 aromatic rings. The fourth-order valence-corrected chi connectivity index (χ4v) is 3.07. The first kappa shape index (κ1) is 16.9. The maximum Gasteiger partial charge on any atom is 0.233 e. The summed E-state index contributed by atoms with van der Waals surface area (Å²) in [6.45, 7) is 7.69. The van der Waals surface area contributed by atoms with E-state index in [4.69, 9.17) is 18.0 Å². The van der Waals surface area contributed by atoms with Gasteiger partial charge in [-0.25, -0.2) is 0 Å². The van der Waals surface area contributed by atoms with Crippen LogP contribution in [-0.4, -0.2) is 41.3 Å². The minimum absolute atomic E-state index is 0.0571. The fraction of sp³-hybridized carbons (Fsp3) is 0.786. The number of nitrogens with two attached hydrogens (primary N) is 1. The fourth-order valence-electron chi connectivity index (χ4n) is 2.81. The van der Waals surface area contributed by atoms with Crippen molar-refractivity contribution in [2.75, 3.05) is 19.6 Å². The van der Waals surface area contributed by atoms with Crippen LogP contribution < -0.4 is 11.1 Å². The summed E-state index contributed by atoms with van der Waals surface area (Å²) in [6.07, 6.45) is 1.73. The van der Waals surface area contributed by atoms with Gasteiger partial charge >= 0.3 is 0 Å². The lowest BCUT2D eigenvalue weighted by molar-refractivity contribution is -0.133. The van der Waals surface area contributed by atoms with Gasteiger partial charge in [-0.1, -0.05) is 19.1 Å². The normalized spacial score (nSPS) is 24.6. The second-order valence-electron chi connectivity index (χ2n) is 5.53. The maximum absolute atomic E-state index is 12.2. The largest absolute Gasteiger partial charge is 0.392 e. The monoisotopic (exact) mass is 299 g/mol. The van der Waals surface area contributed by atoms with Gasteiger partial charge in [-0.15, -0.1) is 0 Å². The number of amides is 2. The van der Waals surface area contributed by atoms with E-state index in [9.17, 15) is 9.59 Å². The Morgan fingerprint density at radius 3 is 2.30 bits per heavy atom. The molecule has 114 valence electrons. The first-order chi connectivity index (χ1) is 9.37. The maximum atomic E-state index is 12.2. The van der Waals surface area contributed by atoms with Crippen molar-refractivity contribution in [1.29, 1.82) is 0 Å². The zero-order valence-electron chi connectivity index (χ0n) is 12.6. The number of carbonyl (C=O) groups excluding carboxylic acids is 2. The highest BCUT2D eigenvalue weighted by molar-refractivity contribution is 7.80. The molecule has 3 N–H and O–H groups in total. The highest BCUT2D eigenvalue weighted by Crippen LogP contribution is 2.45. The number of hydrogen-bond donors (Lipinski definition) is 2. The van der Waals surface area contributed by atoms with Crippen LogP contribution in [0.1, 0.15) is 40.0 Å². The Kier molecular flexibility index (Phi) is 5.92. The number of hydrogen-bond acceptors (Lipinski definition) is 3. The van der Waals surface area contributed by atoms with Gasteiger partial charge in [0, 0.05) is 26.1 Å². The summed E-state index contributed by atoms with van der Waals surface area (Å²) in [4.78, 5) is 26.1. The Hall–Kier alpha value is -1.17. The third-order valence-electron chi connectivity index (χ3n) is 4.04. The molecule has 0 radical (unpaired) electrons. The van der Waals surface area contributed by atoms with E-state index in [2.05, 4.69) is 12.2 Å². The number of nitrogens with one attached hydrogen (secondary N) is 1. The SMILES string of the molecule is CCN(CC)C(=O)CCNC(=O)C1(C(N)=S)CC(C)C1. The quantitative estimate of drug-likeness (QED) is 0.689. The Balaban J connectivity index is 2.44. The van der Waals surface area contributed by atoms with Crippen LogP contribution in [0, 0.1) is 11.3 Å². The van der Waals surface area contributed by atoms with Crippen LogP contribution in [-0.2, 0) is 9.59 Å². The number of nitrogens with zero attached hydrogens (tertiary/aromatic N) is 1.